The smallest absolute Gasteiger partial charge is 0.449 e. The summed E-state index contributed by atoms with van der Waals surface area (Å²) in [6.07, 6.45) is 1.38. The Hall–Kier alpha value is -3.48. The van der Waals surface area contributed by atoms with Crippen molar-refractivity contribution in [2.75, 3.05) is 34.4 Å². The number of pyridine rings is 1. The summed E-state index contributed by atoms with van der Waals surface area (Å²) in [6, 6.07) is 8.58. The highest BCUT2D eigenvalue weighted by atomic mass is 32.2. The van der Waals surface area contributed by atoms with Gasteiger partial charge in [0.15, 0.2) is 5.75 Å². The van der Waals surface area contributed by atoms with Gasteiger partial charge in [-0.25, -0.2) is 4.79 Å². The van der Waals surface area contributed by atoms with E-state index >= 15 is 0 Å². The van der Waals surface area contributed by atoms with Crippen LogP contribution in [-0.4, -0.2) is 76.1 Å². The molecule has 1 amide bonds. The van der Waals surface area contributed by atoms with Gasteiger partial charge in [0.05, 0.1) is 23.3 Å². The average molecular weight is 516 g/mol. The zero-order valence-corrected chi connectivity index (χ0v) is 21.7. The molecule has 12 heteroatoms. The fourth-order valence-corrected chi connectivity index (χ4v) is 4.52. The Bertz CT molecular complexity index is 1260. The van der Waals surface area contributed by atoms with Crippen LogP contribution < -0.4 is 4.74 Å². The molecule has 0 N–H and O–H groups in total. The van der Waals surface area contributed by atoms with Crippen LogP contribution in [0.3, 0.4) is 0 Å². The zero-order valence-electron chi connectivity index (χ0n) is 20.9. The standard InChI is InChI=1S/C24H29N5O6S/c1-16-19(25-12-11-21(16)34-14-8-13-33-5)15-36(32)23-26-18-9-6-7-10-20(18)29(23)24(31)35-27-17(2)22(30)28(3)4/h6-7,9-12H,8,13-15H2,1-5H3/b27-17+. The summed E-state index contributed by atoms with van der Waals surface area (Å²) < 4.78 is 25.4. The lowest BCUT2D eigenvalue weighted by Gasteiger charge is -2.14. The number of benzene rings is 1. The molecular formula is C24H29N5O6S. The lowest BCUT2D eigenvalue weighted by Crippen LogP contribution is -2.28. The molecule has 0 saturated heterocycles. The Morgan fingerprint density at radius 2 is 1.94 bits per heavy atom. The Balaban J connectivity index is 1.87. The van der Waals surface area contributed by atoms with Gasteiger partial charge in [0.1, 0.15) is 11.5 Å². The summed E-state index contributed by atoms with van der Waals surface area (Å²) in [4.78, 5) is 40.1. The molecule has 0 radical (unpaired) electrons. The van der Waals surface area contributed by atoms with Gasteiger partial charge in [0, 0.05) is 57.2 Å². The molecule has 0 bridgehead atoms. The van der Waals surface area contributed by atoms with Gasteiger partial charge in [-0.1, -0.05) is 17.3 Å². The number of hydrogen-bond donors (Lipinski definition) is 0. The first-order valence-electron chi connectivity index (χ1n) is 11.1. The van der Waals surface area contributed by atoms with Crippen molar-refractivity contribution in [1.29, 1.82) is 0 Å². The molecule has 0 aliphatic rings. The van der Waals surface area contributed by atoms with E-state index in [2.05, 4.69) is 15.1 Å². The van der Waals surface area contributed by atoms with Crippen molar-refractivity contribution < 1.29 is 28.5 Å². The number of imidazole rings is 1. The molecule has 1 unspecified atom stereocenters. The van der Waals surface area contributed by atoms with Gasteiger partial charge in [-0.15, -0.1) is 0 Å². The maximum Gasteiger partial charge on any atom is 0.449 e. The minimum Gasteiger partial charge on any atom is -0.609 e. The summed E-state index contributed by atoms with van der Waals surface area (Å²) in [5.74, 6) is 0.225. The maximum absolute atomic E-state index is 13.4. The molecule has 36 heavy (non-hydrogen) atoms. The number of nitrogens with zero attached hydrogens (tertiary/aromatic N) is 5. The van der Waals surface area contributed by atoms with Crippen LogP contribution in [0.2, 0.25) is 0 Å². The third-order valence-corrected chi connectivity index (χ3v) is 6.39. The lowest BCUT2D eigenvalue weighted by atomic mass is 10.2. The summed E-state index contributed by atoms with van der Waals surface area (Å²) in [7, 11) is 4.75. The van der Waals surface area contributed by atoms with Crippen molar-refractivity contribution in [2.45, 2.75) is 31.2 Å². The van der Waals surface area contributed by atoms with Gasteiger partial charge in [0.25, 0.3) is 5.91 Å². The number of methoxy groups -OCH3 is 1. The number of carbonyl (C=O) groups is 2. The molecule has 192 valence electrons. The van der Waals surface area contributed by atoms with Crippen LogP contribution in [0.1, 0.15) is 24.6 Å². The first-order chi connectivity index (χ1) is 17.2. The number of carbonyl (C=O) groups excluding carboxylic acids is 2. The van der Waals surface area contributed by atoms with E-state index in [-0.39, 0.29) is 16.6 Å². The summed E-state index contributed by atoms with van der Waals surface area (Å²) in [5.41, 5.74) is 2.15. The quantitative estimate of drug-likeness (QED) is 0.132. The van der Waals surface area contributed by atoms with Gasteiger partial charge >= 0.3 is 11.2 Å². The average Bonchev–Trinajstić information content (AvgIpc) is 3.26. The summed E-state index contributed by atoms with van der Waals surface area (Å²) >= 11 is -1.77. The Morgan fingerprint density at radius 3 is 2.67 bits per heavy atom. The Labute approximate surface area is 212 Å². The fraction of sp³-hybridized carbons (Fsp3) is 0.375. The SMILES string of the molecule is COCCCOc1ccnc(C[S+]([O-])c2nc3ccccc3n2C(=O)O/N=C(\C)C(=O)N(C)C)c1C. The summed E-state index contributed by atoms with van der Waals surface area (Å²) in [6.45, 7) is 4.32. The first-order valence-corrected chi connectivity index (χ1v) is 12.5. The van der Waals surface area contributed by atoms with Crippen LogP contribution in [0, 0.1) is 6.92 Å². The van der Waals surface area contributed by atoms with E-state index in [0.717, 1.165) is 16.6 Å². The second-order valence-corrected chi connectivity index (χ2v) is 9.36. The van der Waals surface area contributed by atoms with Crippen LogP contribution in [0.4, 0.5) is 4.79 Å². The Morgan fingerprint density at radius 1 is 1.19 bits per heavy atom. The Kier molecular flexibility index (Phi) is 9.39. The highest BCUT2D eigenvalue weighted by molar-refractivity contribution is 7.90. The van der Waals surface area contributed by atoms with E-state index in [1.54, 1.807) is 57.7 Å². The molecule has 3 aromatic rings. The maximum atomic E-state index is 13.4. The van der Waals surface area contributed by atoms with E-state index in [4.69, 9.17) is 14.3 Å². The monoisotopic (exact) mass is 515 g/mol. The molecule has 0 spiro atoms. The van der Waals surface area contributed by atoms with Gasteiger partial charge in [-0.05, 0) is 32.0 Å². The van der Waals surface area contributed by atoms with Gasteiger partial charge < -0.3 is 18.9 Å². The number of aromatic nitrogens is 3. The fourth-order valence-electron chi connectivity index (χ4n) is 3.28. The minimum absolute atomic E-state index is 0.000876. The van der Waals surface area contributed by atoms with E-state index in [0.29, 0.717) is 35.7 Å². The topological polar surface area (TPSA) is 131 Å². The van der Waals surface area contributed by atoms with Crippen molar-refractivity contribution >= 4 is 39.9 Å². The van der Waals surface area contributed by atoms with Gasteiger partial charge in [-0.2, -0.15) is 9.55 Å². The van der Waals surface area contributed by atoms with Crippen LogP contribution in [0.15, 0.2) is 46.8 Å². The highest BCUT2D eigenvalue weighted by Crippen LogP contribution is 2.26. The normalized spacial score (nSPS) is 12.4. The van der Waals surface area contributed by atoms with E-state index in [1.165, 1.54) is 11.8 Å². The lowest BCUT2D eigenvalue weighted by molar-refractivity contribution is -0.121. The van der Waals surface area contributed by atoms with E-state index in [1.807, 2.05) is 6.92 Å². The van der Waals surface area contributed by atoms with Crippen molar-refractivity contribution in [2.24, 2.45) is 5.16 Å². The van der Waals surface area contributed by atoms with E-state index < -0.39 is 23.2 Å². The summed E-state index contributed by atoms with van der Waals surface area (Å²) in [5, 5.41) is 3.64. The molecule has 0 fully saturated rings. The van der Waals surface area contributed by atoms with E-state index in [9.17, 15) is 14.1 Å². The predicted molar refractivity (Wildman–Crippen MR) is 134 cm³/mol. The number of hydrogen-bond acceptors (Lipinski definition) is 9. The molecule has 0 aliphatic carbocycles. The van der Waals surface area contributed by atoms with Crippen LogP contribution in [0.5, 0.6) is 5.75 Å². The second-order valence-electron chi connectivity index (χ2n) is 8.02. The largest absolute Gasteiger partial charge is 0.609 e. The van der Waals surface area contributed by atoms with Gasteiger partial charge in [0.2, 0.25) is 0 Å². The second kappa shape index (κ2) is 12.5. The molecule has 1 aromatic carbocycles. The van der Waals surface area contributed by atoms with Crippen molar-refractivity contribution in [3.8, 4) is 5.75 Å². The third kappa shape index (κ3) is 6.39. The predicted octanol–water partition coefficient (Wildman–Crippen LogP) is 2.91. The van der Waals surface area contributed by atoms with Crippen LogP contribution in [0.25, 0.3) is 11.0 Å². The number of fused-ring (bicyclic) bond motifs is 1. The number of para-hydroxylation sites is 2. The molecule has 2 aromatic heterocycles. The molecule has 2 heterocycles. The number of ether oxygens (including phenoxy) is 2. The zero-order chi connectivity index (χ0) is 26.2. The molecule has 0 aliphatic heterocycles. The van der Waals surface area contributed by atoms with Crippen molar-refractivity contribution in [1.82, 2.24) is 19.4 Å². The van der Waals surface area contributed by atoms with Crippen LogP contribution in [-0.2, 0) is 31.3 Å². The van der Waals surface area contributed by atoms with Gasteiger partial charge in [-0.3, -0.25) is 14.6 Å². The minimum atomic E-state index is -1.77. The molecule has 11 nitrogen and oxygen atoms in total. The molecule has 1 atom stereocenters. The van der Waals surface area contributed by atoms with Crippen molar-refractivity contribution in [3.05, 3.63) is 47.8 Å². The third-order valence-electron chi connectivity index (χ3n) is 5.17. The highest BCUT2D eigenvalue weighted by Gasteiger charge is 2.29. The number of rotatable bonds is 10. The first kappa shape index (κ1) is 27.1. The van der Waals surface area contributed by atoms with Crippen molar-refractivity contribution in [3.63, 3.8) is 0 Å². The molecular weight excluding hydrogens is 486 g/mol. The molecule has 3 rings (SSSR count). The number of amides is 1. The number of oxime groups is 1. The molecule has 0 saturated carbocycles. The van der Waals surface area contributed by atoms with Crippen LogP contribution >= 0.6 is 0 Å².